The minimum atomic E-state index is -0.596. The van der Waals surface area contributed by atoms with Crippen molar-refractivity contribution >= 4 is 17.4 Å². The molecule has 3 aromatic rings. The number of hydrogen-bond acceptors (Lipinski definition) is 9. The molecular formula is C21H21N5O6. The summed E-state index contributed by atoms with van der Waals surface area (Å²) in [5.41, 5.74) is 0.270. The molecule has 11 heteroatoms. The van der Waals surface area contributed by atoms with E-state index in [1.54, 1.807) is 23.3 Å². The fourth-order valence-electron chi connectivity index (χ4n) is 3.55. The highest BCUT2D eigenvalue weighted by Crippen LogP contribution is 2.35. The first-order valence-electron chi connectivity index (χ1n) is 9.84. The molecule has 11 nitrogen and oxygen atoms in total. The summed E-state index contributed by atoms with van der Waals surface area (Å²) < 4.78 is 15.7. The van der Waals surface area contributed by atoms with Crippen LogP contribution in [0.4, 0.5) is 11.5 Å². The van der Waals surface area contributed by atoms with E-state index < -0.39 is 10.8 Å². The van der Waals surface area contributed by atoms with Crippen molar-refractivity contribution in [2.75, 3.05) is 45.3 Å². The van der Waals surface area contributed by atoms with Gasteiger partial charge in [0.15, 0.2) is 23.1 Å². The zero-order chi connectivity index (χ0) is 22.7. The number of hydrogen-bond donors (Lipinski definition) is 0. The quantitative estimate of drug-likeness (QED) is 0.421. The lowest BCUT2D eigenvalue weighted by Gasteiger charge is -2.35. The number of amides is 1. The Bertz CT molecular complexity index is 1110. The molecule has 0 N–H and O–H groups in total. The number of nitro benzene ring substituents is 1. The molecule has 0 spiro atoms. The highest BCUT2D eigenvalue weighted by atomic mass is 16.6. The Balaban J connectivity index is 1.47. The van der Waals surface area contributed by atoms with Crippen LogP contribution in [0.5, 0.6) is 11.5 Å². The van der Waals surface area contributed by atoms with Gasteiger partial charge in [0.05, 0.1) is 31.5 Å². The number of anilines is 1. The predicted molar refractivity (Wildman–Crippen MR) is 114 cm³/mol. The lowest BCUT2D eigenvalue weighted by Crippen LogP contribution is -2.49. The largest absolute Gasteiger partial charge is 0.493 e. The van der Waals surface area contributed by atoms with Gasteiger partial charge in [-0.2, -0.15) is 0 Å². The molecular weight excluding hydrogens is 418 g/mol. The van der Waals surface area contributed by atoms with Crippen LogP contribution in [-0.2, 0) is 0 Å². The number of ether oxygens (including phenoxy) is 2. The molecule has 0 saturated carbocycles. The molecule has 2 aromatic heterocycles. The fraction of sp³-hybridized carbons (Fsp3) is 0.286. The standard InChI is InChI=1S/C21H21N5O6/c1-30-18-12-14(16(26(28)29)13-19(18)31-2)21(27)25-9-7-24(8-10-25)20-6-5-15(22-23-20)17-4-3-11-32-17/h3-6,11-13H,7-10H2,1-2H3. The van der Waals surface area contributed by atoms with E-state index in [1.807, 2.05) is 17.0 Å². The molecule has 4 rings (SSSR count). The molecule has 0 unspecified atom stereocenters. The van der Waals surface area contributed by atoms with E-state index in [1.165, 1.54) is 26.4 Å². The highest BCUT2D eigenvalue weighted by Gasteiger charge is 2.30. The van der Waals surface area contributed by atoms with Gasteiger partial charge in [-0.15, -0.1) is 10.2 Å². The normalized spacial score (nSPS) is 13.7. The molecule has 0 bridgehead atoms. The summed E-state index contributed by atoms with van der Waals surface area (Å²) in [5, 5.41) is 20.0. The van der Waals surface area contributed by atoms with Crippen molar-refractivity contribution in [1.29, 1.82) is 0 Å². The second-order valence-electron chi connectivity index (χ2n) is 7.01. The maximum Gasteiger partial charge on any atom is 0.286 e. The summed E-state index contributed by atoms with van der Waals surface area (Å²) in [5.74, 6) is 1.33. The lowest BCUT2D eigenvalue weighted by molar-refractivity contribution is -0.385. The average molecular weight is 439 g/mol. The van der Waals surface area contributed by atoms with Gasteiger partial charge in [0, 0.05) is 32.2 Å². The van der Waals surface area contributed by atoms with E-state index in [4.69, 9.17) is 13.9 Å². The summed E-state index contributed by atoms with van der Waals surface area (Å²) in [4.78, 5) is 27.6. The highest BCUT2D eigenvalue weighted by molar-refractivity contribution is 5.99. The monoisotopic (exact) mass is 439 g/mol. The van der Waals surface area contributed by atoms with Crippen LogP contribution >= 0.6 is 0 Å². The molecule has 0 aliphatic carbocycles. The molecule has 166 valence electrons. The fourth-order valence-corrected chi connectivity index (χ4v) is 3.55. The number of aromatic nitrogens is 2. The van der Waals surface area contributed by atoms with Crippen molar-refractivity contribution in [3.05, 3.63) is 58.3 Å². The van der Waals surface area contributed by atoms with Gasteiger partial charge >= 0.3 is 0 Å². The van der Waals surface area contributed by atoms with Crippen molar-refractivity contribution < 1.29 is 23.6 Å². The molecule has 1 aliphatic heterocycles. The number of furan rings is 1. The topological polar surface area (TPSA) is 124 Å². The van der Waals surface area contributed by atoms with Crippen LogP contribution in [0, 0.1) is 10.1 Å². The SMILES string of the molecule is COc1cc(C(=O)N2CCN(c3ccc(-c4ccco4)nn3)CC2)c([N+](=O)[O-])cc1OC. The number of piperazine rings is 1. The second kappa shape index (κ2) is 8.92. The maximum atomic E-state index is 13.1. The van der Waals surface area contributed by atoms with Crippen LogP contribution in [0.3, 0.4) is 0 Å². The van der Waals surface area contributed by atoms with Gasteiger partial charge in [-0.3, -0.25) is 14.9 Å². The third-order valence-corrected chi connectivity index (χ3v) is 5.24. The number of carbonyl (C=O) groups excluding carboxylic acids is 1. The summed E-state index contributed by atoms with van der Waals surface area (Å²) in [6.45, 7) is 1.79. The van der Waals surface area contributed by atoms with Crippen molar-refractivity contribution in [2.24, 2.45) is 0 Å². The van der Waals surface area contributed by atoms with Crippen LogP contribution in [0.2, 0.25) is 0 Å². The first kappa shape index (κ1) is 21.1. The van der Waals surface area contributed by atoms with E-state index in [-0.39, 0.29) is 22.7 Å². The summed E-state index contributed by atoms with van der Waals surface area (Å²) in [6.07, 6.45) is 1.57. The Morgan fingerprint density at radius 1 is 1.06 bits per heavy atom. The molecule has 1 amide bonds. The summed E-state index contributed by atoms with van der Waals surface area (Å²) in [6, 6.07) is 9.82. The Morgan fingerprint density at radius 3 is 2.34 bits per heavy atom. The lowest BCUT2D eigenvalue weighted by atomic mass is 10.1. The Kier molecular flexibility index (Phi) is 5.88. The molecule has 1 fully saturated rings. The minimum Gasteiger partial charge on any atom is -0.493 e. The Morgan fingerprint density at radius 2 is 1.78 bits per heavy atom. The van der Waals surface area contributed by atoms with Crippen molar-refractivity contribution in [3.63, 3.8) is 0 Å². The number of methoxy groups -OCH3 is 2. The molecule has 0 atom stereocenters. The third kappa shape index (κ3) is 4.04. The van der Waals surface area contributed by atoms with Crippen LogP contribution in [0.1, 0.15) is 10.4 Å². The van der Waals surface area contributed by atoms with Crippen LogP contribution in [0.25, 0.3) is 11.5 Å². The molecule has 32 heavy (non-hydrogen) atoms. The molecule has 0 radical (unpaired) electrons. The number of benzene rings is 1. The number of nitro groups is 1. The van der Waals surface area contributed by atoms with E-state index >= 15 is 0 Å². The van der Waals surface area contributed by atoms with E-state index in [0.29, 0.717) is 43.5 Å². The Hall–Kier alpha value is -4.15. The Labute approximate surface area is 183 Å². The first-order valence-corrected chi connectivity index (χ1v) is 9.84. The average Bonchev–Trinajstić information content (AvgIpc) is 3.38. The van der Waals surface area contributed by atoms with Gasteiger partial charge in [0.25, 0.3) is 11.6 Å². The smallest absolute Gasteiger partial charge is 0.286 e. The van der Waals surface area contributed by atoms with Crippen LogP contribution in [-0.4, -0.2) is 66.3 Å². The van der Waals surface area contributed by atoms with Gasteiger partial charge < -0.3 is 23.7 Å². The number of nitrogens with zero attached hydrogens (tertiary/aromatic N) is 5. The minimum absolute atomic E-state index is 0.0382. The summed E-state index contributed by atoms with van der Waals surface area (Å²) in [7, 11) is 2.79. The van der Waals surface area contributed by atoms with Gasteiger partial charge in [-0.1, -0.05) is 0 Å². The van der Waals surface area contributed by atoms with E-state index in [0.717, 1.165) is 0 Å². The molecule has 1 aromatic carbocycles. The predicted octanol–water partition coefficient (Wildman–Crippen LogP) is 2.62. The van der Waals surface area contributed by atoms with Crippen molar-refractivity contribution in [1.82, 2.24) is 15.1 Å². The second-order valence-corrected chi connectivity index (χ2v) is 7.01. The van der Waals surface area contributed by atoms with Gasteiger partial charge in [-0.25, -0.2) is 0 Å². The van der Waals surface area contributed by atoms with E-state index in [2.05, 4.69) is 10.2 Å². The summed E-state index contributed by atoms with van der Waals surface area (Å²) >= 11 is 0. The molecule has 3 heterocycles. The first-order chi connectivity index (χ1) is 15.5. The van der Waals surface area contributed by atoms with Crippen molar-refractivity contribution in [2.45, 2.75) is 0 Å². The molecule has 1 aliphatic rings. The molecule has 1 saturated heterocycles. The number of carbonyl (C=O) groups is 1. The zero-order valence-electron chi connectivity index (χ0n) is 17.6. The van der Waals surface area contributed by atoms with Crippen LogP contribution < -0.4 is 14.4 Å². The van der Waals surface area contributed by atoms with Crippen molar-refractivity contribution in [3.8, 4) is 23.0 Å². The van der Waals surface area contributed by atoms with E-state index in [9.17, 15) is 14.9 Å². The third-order valence-electron chi connectivity index (χ3n) is 5.24. The zero-order valence-corrected chi connectivity index (χ0v) is 17.6. The van der Waals surface area contributed by atoms with Crippen LogP contribution in [0.15, 0.2) is 47.1 Å². The number of rotatable bonds is 6. The van der Waals surface area contributed by atoms with Gasteiger partial charge in [0.2, 0.25) is 0 Å². The van der Waals surface area contributed by atoms with Gasteiger partial charge in [-0.05, 0) is 24.3 Å². The van der Waals surface area contributed by atoms with Gasteiger partial charge in [0.1, 0.15) is 11.3 Å². The maximum absolute atomic E-state index is 13.1.